The second-order valence-corrected chi connectivity index (χ2v) is 2.18. The Morgan fingerprint density at radius 3 is 3.00 bits per heavy atom. The predicted octanol–water partition coefficient (Wildman–Crippen LogP) is 1.55. The van der Waals surface area contributed by atoms with E-state index >= 15 is 0 Å². The minimum atomic E-state index is 0.617. The van der Waals surface area contributed by atoms with Crippen LogP contribution in [-0.2, 0) is 0 Å². The van der Waals surface area contributed by atoms with Gasteiger partial charge in [0.2, 0.25) is 5.82 Å². The van der Waals surface area contributed by atoms with Gasteiger partial charge in [0.25, 0.3) is 0 Å². The lowest BCUT2D eigenvalue weighted by atomic mass is 10.4. The highest BCUT2D eigenvalue weighted by Crippen LogP contribution is 1.90. The van der Waals surface area contributed by atoms with Gasteiger partial charge in [0.15, 0.2) is 0 Å². The molecular formula is C9H10N2. The minimum Gasteiger partial charge on any atom is -0.229 e. The Kier molecular flexibility index (Phi) is 2.62. The topological polar surface area (TPSA) is 25.8 Å². The number of hydrogen-bond donors (Lipinski definition) is 0. The van der Waals surface area contributed by atoms with Crippen molar-refractivity contribution in [2.75, 3.05) is 0 Å². The zero-order valence-electron chi connectivity index (χ0n) is 6.76. The summed E-state index contributed by atoms with van der Waals surface area (Å²) in [5, 5.41) is 0. The highest BCUT2D eigenvalue weighted by atomic mass is 14.9. The first-order chi connectivity index (χ1) is 5.33. The number of rotatable bonds is 0. The van der Waals surface area contributed by atoms with E-state index in [2.05, 4.69) is 21.8 Å². The molecule has 1 heterocycles. The molecule has 0 unspecified atom stereocenters. The fraction of sp³-hybridized carbons (Fsp3) is 0.333. The van der Waals surface area contributed by atoms with Gasteiger partial charge in [0.1, 0.15) is 0 Å². The van der Waals surface area contributed by atoms with Crippen LogP contribution in [0.2, 0.25) is 0 Å². The van der Waals surface area contributed by atoms with E-state index in [1.807, 2.05) is 19.9 Å². The highest BCUT2D eigenvalue weighted by Gasteiger charge is 1.88. The summed E-state index contributed by atoms with van der Waals surface area (Å²) in [6.45, 7) is 3.93. The Balaban J connectivity index is 2.87. The first-order valence-electron chi connectivity index (χ1n) is 3.61. The summed E-state index contributed by atoms with van der Waals surface area (Å²) in [7, 11) is 0. The first-order valence-corrected chi connectivity index (χ1v) is 3.61. The Labute approximate surface area is 66.7 Å². The molecule has 1 rings (SSSR count). The summed E-state index contributed by atoms with van der Waals surface area (Å²) in [5.74, 6) is 6.40. The van der Waals surface area contributed by atoms with Gasteiger partial charge in [-0.3, -0.25) is 0 Å². The van der Waals surface area contributed by atoms with Crippen molar-refractivity contribution >= 4 is 0 Å². The molecule has 0 bridgehead atoms. The second kappa shape index (κ2) is 3.72. The Morgan fingerprint density at radius 2 is 2.36 bits per heavy atom. The van der Waals surface area contributed by atoms with Crippen molar-refractivity contribution in [3.63, 3.8) is 0 Å². The summed E-state index contributed by atoms with van der Waals surface area (Å²) in [4.78, 5) is 8.12. The predicted molar refractivity (Wildman–Crippen MR) is 43.9 cm³/mol. The van der Waals surface area contributed by atoms with Crippen molar-refractivity contribution < 1.29 is 0 Å². The molecule has 0 fully saturated rings. The largest absolute Gasteiger partial charge is 0.229 e. The van der Waals surface area contributed by atoms with Crippen molar-refractivity contribution in [3.05, 3.63) is 23.8 Å². The molecule has 2 nitrogen and oxygen atoms in total. The number of aromatic nitrogens is 2. The molecule has 0 saturated heterocycles. The van der Waals surface area contributed by atoms with Gasteiger partial charge in [-0.15, -0.1) is 0 Å². The first kappa shape index (κ1) is 7.74. The van der Waals surface area contributed by atoms with Crippen LogP contribution in [0.15, 0.2) is 12.3 Å². The third-order valence-electron chi connectivity index (χ3n) is 1.17. The average Bonchev–Trinajstić information content (AvgIpc) is 2.01. The van der Waals surface area contributed by atoms with Crippen LogP contribution in [0.3, 0.4) is 0 Å². The molecule has 0 spiro atoms. The number of aryl methyl sites for hydroxylation is 1. The molecule has 0 saturated carbocycles. The van der Waals surface area contributed by atoms with Crippen LogP contribution in [0.25, 0.3) is 0 Å². The van der Waals surface area contributed by atoms with E-state index in [1.54, 1.807) is 6.20 Å². The van der Waals surface area contributed by atoms with Gasteiger partial charge >= 0.3 is 0 Å². The molecule has 0 aromatic carbocycles. The van der Waals surface area contributed by atoms with E-state index in [0.717, 1.165) is 12.1 Å². The molecule has 0 N–H and O–H groups in total. The van der Waals surface area contributed by atoms with Crippen molar-refractivity contribution in [3.8, 4) is 11.8 Å². The van der Waals surface area contributed by atoms with Gasteiger partial charge in [-0.05, 0) is 18.9 Å². The molecule has 11 heavy (non-hydrogen) atoms. The fourth-order valence-electron chi connectivity index (χ4n) is 0.677. The van der Waals surface area contributed by atoms with Gasteiger partial charge in [-0.25, -0.2) is 9.97 Å². The third kappa shape index (κ3) is 2.38. The maximum Gasteiger partial charge on any atom is 0.205 e. The standard InChI is InChI=1S/C9H10N2/c1-3-4-5-9-10-7-6-8(2)11-9/h6-7H,3H2,1-2H3. The molecule has 1 aromatic rings. The molecule has 0 aliphatic carbocycles. The molecule has 0 amide bonds. The summed E-state index contributed by atoms with van der Waals surface area (Å²) >= 11 is 0. The molecule has 1 aromatic heterocycles. The zero-order valence-corrected chi connectivity index (χ0v) is 6.76. The van der Waals surface area contributed by atoms with Crippen molar-refractivity contribution in [2.45, 2.75) is 20.3 Å². The van der Waals surface area contributed by atoms with E-state index in [-0.39, 0.29) is 0 Å². The maximum absolute atomic E-state index is 4.13. The molecule has 0 aliphatic heterocycles. The normalized spacial score (nSPS) is 8.55. The van der Waals surface area contributed by atoms with E-state index in [4.69, 9.17) is 0 Å². The molecule has 0 radical (unpaired) electrons. The Bertz CT molecular complexity index is 294. The van der Waals surface area contributed by atoms with Crippen LogP contribution in [0.5, 0.6) is 0 Å². The van der Waals surface area contributed by atoms with Crippen molar-refractivity contribution in [2.24, 2.45) is 0 Å². The Morgan fingerprint density at radius 1 is 1.55 bits per heavy atom. The van der Waals surface area contributed by atoms with Crippen LogP contribution in [0.1, 0.15) is 24.9 Å². The zero-order chi connectivity index (χ0) is 8.10. The average molecular weight is 146 g/mol. The Hall–Kier alpha value is -1.36. The SMILES string of the molecule is CCC#Cc1nccc(C)n1. The lowest BCUT2D eigenvalue weighted by Gasteiger charge is -1.89. The minimum absolute atomic E-state index is 0.617. The van der Waals surface area contributed by atoms with Crippen LogP contribution in [0.4, 0.5) is 0 Å². The smallest absolute Gasteiger partial charge is 0.205 e. The molecular weight excluding hydrogens is 136 g/mol. The molecule has 56 valence electrons. The van der Waals surface area contributed by atoms with Gasteiger partial charge in [-0.2, -0.15) is 0 Å². The van der Waals surface area contributed by atoms with E-state index in [9.17, 15) is 0 Å². The van der Waals surface area contributed by atoms with Gasteiger partial charge in [0.05, 0.1) is 0 Å². The lowest BCUT2D eigenvalue weighted by molar-refractivity contribution is 1.07. The van der Waals surface area contributed by atoms with E-state index < -0.39 is 0 Å². The number of nitrogens with zero attached hydrogens (tertiary/aromatic N) is 2. The monoisotopic (exact) mass is 146 g/mol. The van der Waals surface area contributed by atoms with Gasteiger partial charge < -0.3 is 0 Å². The second-order valence-electron chi connectivity index (χ2n) is 2.18. The van der Waals surface area contributed by atoms with Crippen LogP contribution in [-0.4, -0.2) is 9.97 Å². The summed E-state index contributed by atoms with van der Waals surface area (Å²) in [6, 6.07) is 1.86. The van der Waals surface area contributed by atoms with E-state index in [1.165, 1.54) is 0 Å². The number of hydrogen-bond acceptors (Lipinski definition) is 2. The summed E-state index contributed by atoms with van der Waals surface area (Å²) in [6.07, 6.45) is 2.57. The maximum atomic E-state index is 4.13. The van der Waals surface area contributed by atoms with Crippen LogP contribution < -0.4 is 0 Å². The van der Waals surface area contributed by atoms with Crippen LogP contribution >= 0.6 is 0 Å². The quantitative estimate of drug-likeness (QED) is 0.519. The summed E-state index contributed by atoms with van der Waals surface area (Å²) in [5.41, 5.74) is 0.959. The lowest BCUT2D eigenvalue weighted by Crippen LogP contribution is -1.89. The van der Waals surface area contributed by atoms with Crippen molar-refractivity contribution in [1.82, 2.24) is 9.97 Å². The van der Waals surface area contributed by atoms with Gasteiger partial charge in [0, 0.05) is 18.3 Å². The molecule has 0 atom stereocenters. The third-order valence-corrected chi connectivity index (χ3v) is 1.17. The van der Waals surface area contributed by atoms with Gasteiger partial charge in [-0.1, -0.05) is 12.8 Å². The molecule has 0 aliphatic rings. The van der Waals surface area contributed by atoms with Crippen LogP contribution in [0, 0.1) is 18.8 Å². The van der Waals surface area contributed by atoms with Crippen molar-refractivity contribution in [1.29, 1.82) is 0 Å². The fourth-order valence-corrected chi connectivity index (χ4v) is 0.677. The highest BCUT2D eigenvalue weighted by molar-refractivity contribution is 5.20. The molecule has 2 heteroatoms. The summed E-state index contributed by atoms with van der Waals surface area (Å²) < 4.78 is 0. The van der Waals surface area contributed by atoms with E-state index in [0.29, 0.717) is 5.82 Å².